The van der Waals surface area contributed by atoms with Crippen molar-refractivity contribution < 1.29 is 4.79 Å². The lowest BCUT2D eigenvalue weighted by atomic mass is 10.1. The topological polar surface area (TPSA) is 51.7 Å². The van der Waals surface area contributed by atoms with E-state index >= 15 is 0 Å². The van der Waals surface area contributed by atoms with Crippen molar-refractivity contribution in [1.82, 2.24) is 9.88 Å². The van der Waals surface area contributed by atoms with Gasteiger partial charge in [0.1, 0.15) is 6.04 Å². The van der Waals surface area contributed by atoms with Gasteiger partial charge in [0.25, 0.3) is 0 Å². The summed E-state index contributed by atoms with van der Waals surface area (Å²) >= 11 is 5.99. The zero-order valence-corrected chi connectivity index (χ0v) is 16.5. The molecule has 0 bridgehead atoms. The third-order valence-corrected chi connectivity index (χ3v) is 6.23. The van der Waals surface area contributed by atoms with Crippen molar-refractivity contribution in [3.05, 3.63) is 47.1 Å². The molecule has 2 fully saturated rings. The first-order valence-corrected chi connectivity index (χ1v) is 10.3. The molecule has 7 heteroatoms. The van der Waals surface area contributed by atoms with Gasteiger partial charge in [0.2, 0.25) is 5.91 Å². The van der Waals surface area contributed by atoms with Gasteiger partial charge in [-0.15, -0.1) is 0 Å². The lowest BCUT2D eigenvalue weighted by Gasteiger charge is -2.36. The van der Waals surface area contributed by atoms with Crippen molar-refractivity contribution in [3.63, 3.8) is 0 Å². The number of amides is 1. The molecule has 0 radical (unpaired) electrons. The predicted octanol–water partition coefficient (Wildman–Crippen LogP) is 2.98. The highest BCUT2D eigenvalue weighted by atomic mass is 35.5. The van der Waals surface area contributed by atoms with Crippen LogP contribution in [0.3, 0.4) is 0 Å². The van der Waals surface area contributed by atoms with Gasteiger partial charge in [-0.1, -0.05) is 11.6 Å². The fourth-order valence-electron chi connectivity index (χ4n) is 4.49. The molecule has 3 aliphatic rings. The van der Waals surface area contributed by atoms with E-state index in [1.807, 2.05) is 18.3 Å². The zero-order chi connectivity index (χ0) is 19.1. The Bertz CT molecular complexity index is 879. The van der Waals surface area contributed by atoms with Crippen molar-refractivity contribution in [3.8, 4) is 0 Å². The van der Waals surface area contributed by atoms with E-state index in [1.165, 1.54) is 5.69 Å². The number of benzene rings is 1. The highest BCUT2D eigenvalue weighted by molar-refractivity contribution is 6.30. The number of pyridine rings is 1. The number of nitrogens with one attached hydrogen (secondary N) is 1. The molecule has 2 saturated heterocycles. The van der Waals surface area contributed by atoms with Crippen molar-refractivity contribution in [1.29, 1.82) is 0 Å². The zero-order valence-electron chi connectivity index (χ0n) is 15.8. The molecule has 2 aromatic rings. The number of hydrogen-bond donors (Lipinski definition) is 1. The van der Waals surface area contributed by atoms with Gasteiger partial charge in [0, 0.05) is 56.2 Å². The molecule has 1 aromatic carbocycles. The molecular weight excluding hydrogens is 374 g/mol. The highest BCUT2D eigenvalue weighted by Gasteiger charge is 2.37. The van der Waals surface area contributed by atoms with Crippen molar-refractivity contribution in [2.24, 2.45) is 0 Å². The first-order valence-electron chi connectivity index (χ1n) is 9.97. The number of aromatic nitrogens is 1. The van der Waals surface area contributed by atoms with E-state index in [4.69, 9.17) is 16.6 Å². The van der Waals surface area contributed by atoms with Crippen LogP contribution in [0.15, 0.2) is 36.5 Å². The molecule has 5 rings (SSSR count). The molecule has 1 unspecified atom stereocenters. The van der Waals surface area contributed by atoms with Gasteiger partial charge >= 0.3 is 0 Å². The monoisotopic (exact) mass is 397 g/mol. The maximum atomic E-state index is 12.3. The fourth-order valence-corrected chi connectivity index (χ4v) is 4.62. The van der Waals surface area contributed by atoms with Crippen LogP contribution in [0.2, 0.25) is 5.02 Å². The van der Waals surface area contributed by atoms with Gasteiger partial charge in [-0.2, -0.15) is 0 Å². The molecule has 0 saturated carbocycles. The maximum Gasteiger partial charge on any atom is 0.247 e. The Morgan fingerprint density at radius 3 is 2.68 bits per heavy atom. The van der Waals surface area contributed by atoms with E-state index in [1.54, 1.807) is 0 Å². The molecule has 1 atom stereocenters. The first-order chi connectivity index (χ1) is 13.7. The summed E-state index contributed by atoms with van der Waals surface area (Å²) in [5.74, 6) is 1.04. The van der Waals surface area contributed by atoms with Gasteiger partial charge < -0.3 is 15.1 Å². The molecule has 0 aliphatic carbocycles. The van der Waals surface area contributed by atoms with Crippen LogP contribution >= 0.6 is 11.6 Å². The smallest absolute Gasteiger partial charge is 0.247 e. The Morgan fingerprint density at radius 1 is 1.11 bits per heavy atom. The third-order valence-electron chi connectivity index (χ3n) is 5.98. The average Bonchev–Trinajstić information content (AvgIpc) is 3.20. The molecule has 3 aliphatic heterocycles. The number of anilines is 3. The number of nitrogens with zero attached hydrogens (tertiary/aromatic N) is 4. The minimum Gasteiger partial charge on any atom is -0.369 e. The Kier molecular flexibility index (Phi) is 4.61. The van der Waals surface area contributed by atoms with Crippen molar-refractivity contribution in [2.45, 2.75) is 25.4 Å². The number of halogens is 1. The normalized spacial score (nSPS) is 22.0. The molecule has 6 nitrogen and oxygen atoms in total. The number of piperazine rings is 1. The summed E-state index contributed by atoms with van der Waals surface area (Å²) in [4.78, 5) is 24.0. The van der Waals surface area contributed by atoms with E-state index in [0.29, 0.717) is 0 Å². The van der Waals surface area contributed by atoms with Crippen molar-refractivity contribution >= 4 is 34.7 Å². The Hall–Kier alpha value is -2.31. The van der Waals surface area contributed by atoms with Crippen LogP contribution in [0.4, 0.5) is 17.2 Å². The predicted molar refractivity (Wildman–Crippen MR) is 112 cm³/mol. The van der Waals surface area contributed by atoms with E-state index in [-0.39, 0.29) is 11.9 Å². The lowest BCUT2D eigenvalue weighted by Crippen LogP contribution is -2.46. The molecule has 28 heavy (non-hydrogen) atoms. The van der Waals surface area contributed by atoms with Gasteiger partial charge in [0.05, 0.1) is 5.69 Å². The fraction of sp³-hybridized carbons (Fsp3) is 0.429. The quantitative estimate of drug-likeness (QED) is 0.862. The molecule has 1 amide bonds. The summed E-state index contributed by atoms with van der Waals surface area (Å²) in [7, 11) is 0. The van der Waals surface area contributed by atoms with E-state index in [2.05, 4.69) is 38.2 Å². The molecule has 1 N–H and O–H groups in total. The van der Waals surface area contributed by atoms with Gasteiger partial charge in [-0.25, -0.2) is 4.98 Å². The average molecular weight is 398 g/mol. The maximum absolute atomic E-state index is 12.3. The number of fused-ring (bicyclic) bond motifs is 3. The van der Waals surface area contributed by atoms with E-state index in [9.17, 15) is 4.79 Å². The number of carbonyl (C=O) groups is 1. The Morgan fingerprint density at radius 2 is 1.89 bits per heavy atom. The largest absolute Gasteiger partial charge is 0.369 e. The second-order valence-electron chi connectivity index (χ2n) is 7.80. The number of rotatable bonds is 3. The van der Waals surface area contributed by atoms with Gasteiger partial charge in [-0.3, -0.25) is 9.69 Å². The van der Waals surface area contributed by atoms with Crippen LogP contribution in [0, 0.1) is 0 Å². The second-order valence-corrected chi connectivity index (χ2v) is 8.23. The second kappa shape index (κ2) is 7.26. The van der Waals surface area contributed by atoms with E-state index in [0.717, 1.165) is 74.2 Å². The van der Waals surface area contributed by atoms with Gasteiger partial charge in [-0.05, 0) is 48.7 Å². The number of hydrogen-bond acceptors (Lipinski definition) is 5. The van der Waals surface area contributed by atoms with E-state index < -0.39 is 0 Å². The first kappa shape index (κ1) is 17.8. The lowest BCUT2D eigenvalue weighted by molar-refractivity contribution is -0.117. The van der Waals surface area contributed by atoms with Crippen LogP contribution in [0.5, 0.6) is 0 Å². The summed E-state index contributed by atoms with van der Waals surface area (Å²) in [5.41, 5.74) is 3.24. The van der Waals surface area contributed by atoms with Crippen LogP contribution in [-0.4, -0.2) is 54.6 Å². The minimum absolute atomic E-state index is 0.0354. The molecular formula is C21H24ClN5O. The van der Waals surface area contributed by atoms with Gasteiger partial charge in [0.15, 0.2) is 5.82 Å². The summed E-state index contributed by atoms with van der Waals surface area (Å²) in [6.45, 7) is 5.76. The molecule has 4 heterocycles. The van der Waals surface area contributed by atoms with Crippen LogP contribution < -0.4 is 15.1 Å². The summed E-state index contributed by atoms with van der Waals surface area (Å²) in [6.07, 6.45) is 3.95. The SMILES string of the molecule is O=C1Nc2cc(CN3CCN(c4ccc(Cl)cc4)CC3)cnc2N2CCCC12. The van der Waals surface area contributed by atoms with Crippen LogP contribution in [0.25, 0.3) is 0 Å². The molecule has 0 spiro atoms. The van der Waals surface area contributed by atoms with Crippen LogP contribution in [-0.2, 0) is 11.3 Å². The van der Waals surface area contributed by atoms with Crippen LogP contribution in [0.1, 0.15) is 18.4 Å². The summed E-state index contributed by atoms with van der Waals surface area (Å²) in [6, 6.07) is 10.1. The number of carbonyl (C=O) groups excluding carboxylic acids is 1. The molecule has 1 aromatic heterocycles. The molecule has 146 valence electrons. The van der Waals surface area contributed by atoms with Crippen molar-refractivity contribution in [2.75, 3.05) is 47.8 Å². The third kappa shape index (κ3) is 3.31. The Balaban J connectivity index is 1.23. The minimum atomic E-state index is -0.0354. The Labute approximate surface area is 170 Å². The standard InChI is InChI=1S/C21H24ClN5O/c22-16-3-5-17(6-4-16)26-10-8-25(9-11-26)14-15-12-18-20(23-13-15)27-7-1-2-19(27)21(28)24-18/h3-6,12-13,19H,1-2,7-11,14H2,(H,24,28). The summed E-state index contributed by atoms with van der Waals surface area (Å²) in [5, 5.41) is 3.83. The highest BCUT2D eigenvalue weighted by Crippen LogP contribution is 2.35. The summed E-state index contributed by atoms with van der Waals surface area (Å²) < 4.78 is 0.